The predicted molar refractivity (Wildman–Crippen MR) is 185 cm³/mol. The van der Waals surface area contributed by atoms with E-state index in [1.807, 2.05) is 91.0 Å². The Balaban J connectivity index is 0.000000171. The molecule has 0 saturated carbocycles. The zero-order chi connectivity index (χ0) is 30.3. The number of hydrogen-bond donors (Lipinski definition) is 0. The van der Waals surface area contributed by atoms with Crippen molar-refractivity contribution in [1.82, 2.24) is 0 Å². The normalized spacial score (nSPS) is 12.5. The second-order valence-corrected chi connectivity index (χ2v) is 12.2. The molecule has 0 aromatic heterocycles. The van der Waals surface area contributed by atoms with Gasteiger partial charge in [-0.05, 0) is 47.7 Å². The van der Waals surface area contributed by atoms with Crippen LogP contribution >= 0.6 is 34.8 Å². The van der Waals surface area contributed by atoms with Crippen LogP contribution in [0.3, 0.4) is 0 Å². The van der Waals surface area contributed by atoms with Gasteiger partial charge in [-0.1, -0.05) is 180 Å². The highest BCUT2D eigenvalue weighted by atomic mass is 35.5. The van der Waals surface area contributed by atoms with Gasteiger partial charge in [-0.2, -0.15) is 0 Å². The molecule has 0 aliphatic heterocycles. The van der Waals surface area contributed by atoms with E-state index in [0.29, 0.717) is 5.02 Å². The lowest BCUT2D eigenvalue weighted by Gasteiger charge is -2.30. The highest BCUT2D eigenvalue weighted by Crippen LogP contribution is 2.46. The van der Waals surface area contributed by atoms with Gasteiger partial charge in [-0.25, -0.2) is 0 Å². The molecule has 214 valence electrons. The van der Waals surface area contributed by atoms with E-state index >= 15 is 0 Å². The predicted octanol–water partition coefficient (Wildman–Crippen LogP) is 11.7. The van der Waals surface area contributed by atoms with Crippen molar-refractivity contribution in [3.8, 4) is 0 Å². The summed E-state index contributed by atoms with van der Waals surface area (Å²) in [6.45, 7) is 4.16. The van der Waals surface area contributed by atoms with E-state index in [2.05, 4.69) is 86.6 Å². The fourth-order valence-corrected chi connectivity index (χ4v) is 6.41. The molecule has 0 spiro atoms. The van der Waals surface area contributed by atoms with Crippen molar-refractivity contribution in [3.63, 3.8) is 0 Å². The van der Waals surface area contributed by atoms with E-state index < -0.39 is 9.75 Å². The minimum Gasteiger partial charge on any atom is -0.104 e. The molecule has 0 nitrogen and oxygen atoms in total. The molecule has 0 N–H and O–H groups in total. The Hall–Kier alpha value is -3.81. The van der Waals surface area contributed by atoms with Gasteiger partial charge in [0.15, 0.2) is 0 Å². The molecule has 0 aliphatic rings. The summed E-state index contributed by atoms with van der Waals surface area (Å²) in [7, 11) is 0. The fourth-order valence-electron chi connectivity index (χ4n) is 5.29. The third kappa shape index (κ3) is 6.58. The summed E-state index contributed by atoms with van der Waals surface area (Å²) < 4.78 is 0. The summed E-state index contributed by atoms with van der Waals surface area (Å²) >= 11 is 20.8. The van der Waals surface area contributed by atoms with Crippen LogP contribution in [0.1, 0.15) is 44.5 Å². The summed E-state index contributed by atoms with van der Waals surface area (Å²) in [4.78, 5) is -1.45. The Morgan fingerprint density at radius 2 is 0.651 bits per heavy atom. The summed E-state index contributed by atoms with van der Waals surface area (Å²) in [6, 6.07) is 55.0. The number of benzene rings is 6. The molecule has 6 aromatic rings. The topological polar surface area (TPSA) is 0 Å². The summed E-state index contributed by atoms with van der Waals surface area (Å²) in [5.74, 6) is 0. The Morgan fingerprint density at radius 1 is 0.349 bits per heavy atom. The zero-order valence-electron chi connectivity index (χ0n) is 24.2. The molecule has 1 unspecified atom stereocenters. The van der Waals surface area contributed by atoms with Crippen LogP contribution in [0.2, 0.25) is 5.02 Å². The molecular weight excluding hydrogens is 587 g/mol. The lowest BCUT2D eigenvalue weighted by Crippen LogP contribution is -2.22. The molecule has 1 atom stereocenters. The van der Waals surface area contributed by atoms with Crippen molar-refractivity contribution in [2.24, 2.45) is 0 Å². The monoisotopic (exact) mass is 618 g/mol. The van der Waals surface area contributed by atoms with Crippen LogP contribution in [0.15, 0.2) is 164 Å². The van der Waals surface area contributed by atoms with Crippen LogP contribution in [0.4, 0.5) is 0 Å². The molecule has 6 aromatic carbocycles. The highest BCUT2D eigenvalue weighted by Gasteiger charge is 2.36. The fraction of sp³-hybridized carbons (Fsp3) is 0.100. The van der Waals surface area contributed by atoms with E-state index in [1.54, 1.807) is 0 Å². The average Bonchev–Trinajstić information content (AvgIpc) is 3.06. The maximum atomic E-state index is 7.19. The standard InChI is InChI=1S/C20H16Cl2.C20H17Cl/c1-15-11-13-17(14-12-15)20(22,16-7-3-2-4-8-16)18-9-5-6-10-19(18)21;1-16-12-14-19(15-13-16)20(21,17-8-4-2-5-9-17)18-10-6-3-7-11-18/h2-14H,1H3;2-15H,1H3. The van der Waals surface area contributed by atoms with Gasteiger partial charge in [0, 0.05) is 10.6 Å². The highest BCUT2D eigenvalue weighted by molar-refractivity contribution is 6.34. The van der Waals surface area contributed by atoms with Gasteiger partial charge in [0.2, 0.25) is 0 Å². The average molecular weight is 620 g/mol. The first-order valence-electron chi connectivity index (χ1n) is 14.3. The number of rotatable bonds is 6. The molecular formula is C40H33Cl3. The minimum atomic E-state index is -0.798. The van der Waals surface area contributed by atoms with Crippen molar-refractivity contribution in [1.29, 1.82) is 0 Å². The molecule has 0 fully saturated rings. The lowest BCUT2D eigenvalue weighted by atomic mass is 9.84. The van der Waals surface area contributed by atoms with Crippen LogP contribution in [0.5, 0.6) is 0 Å². The summed E-state index contributed by atoms with van der Waals surface area (Å²) in [5.41, 5.74) is 8.62. The first-order valence-corrected chi connectivity index (χ1v) is 15.4. The second-order valence-electron chi connectivity index (χ2n) is 10.6. The van der Waals surface area contributed by atoms with Crippen LogP contribution in [-0.2, 0) is 9.75 Å². The number of halogens is 3. The Labute approximate surface area is 270 Å². The molecule has 3 heteroatoms. The molecule has 43 heavy (non-hydrogen) atoms. The maximum Gasteiger partial charge on any atom is 0.121 e. The van der Waals surface area contributed by atoms with Crippen molar-refractivity contribution < 1.29 is 0 Å². The van der Waals surface area contributed by atoms with Crippen LogP contribution in [-0.4, -0.2) is 0 Å². The first-order chi connectivity index (χ1) is 20.8. The van der Waals surface area contributed by atoms with Crippen LogP contribution < -0.4 is 0 Å². The van der Waals surface area contributed by atoms with E-state index in [4.69, 9.17) is 34.8 Å². The van der Waals surface area contributed by atoms with E-state index in [9.17, 15) is 0 Å². The molecule has 0 bridgehead atoms. The molecule has 0 amide bonds. The third-order valence-electron chi connectivity index (χ3n) is 7.66. The van der Waals surface area contributed by atoms with Gasteiger partial charge in [0.05, 0.1) is 0 Å². The van der Waals surface area contributed by atoms with Gasteiger partial charge in [0.25, 0.3) is 0 Å². The third-order valence-corrected chi connectivity index (χ3v) is 9.28. The minimum absolute atomic E-state index is 0.657. The molecule has 6 rings (SSSR count). The Bertz CT molecular complexity index is 1690. The Kier molecular flexibility index (Phi) is 9.73. The van der Waals surface area contributed by atoms with Crippen molar-refractivity contribution >= 4 is 34.8 Å². The van der Waals surface area contributed by atoms with E-state index in [-0.39, 0.29) is 0 Å². The zero-order valence-corrected chi connectivity index (χ0v) is 26.5. The van der Waals surface area contributed by atoms with Crippen LogP contribution in [0, 0.1) is 13.8 Å². The van der Waals surface area contributed by atoms with Crippen molar-refractivity contribution in [3.05, 3.63) is 213 Å². The van der Waals surface area contributed by atoms with Gasteiger partial charge in [-0.3, -0.25) is 0 Å². The first kappa shape index (κ1) is 30.6. The Morgan fingerprint density at radius 3 is 1.05 bits per heavy atom. The molecule has 0 aliphatic carbocycles. The quantitative estimate of drug-likeness (QED) is 0.128. The van der Waals surface area contributed by atoms with Gasteiger partial charge < -0.3 is 0 Å². The molecule has 0 saturated heterocycles. The number of alkyl halides is 2. The maximum absolute atomic E-state index is 7.19. The smallest absolute Gasteiger partial charge is 0.104 e. The second kappa shape index (κ2) is 13.7. The number of aryl methyl sites for hydroxylation is 2. The summed E-state index contributed by atoms with van der Waals surface area (Å²) in [6.07, 6.45) is 0. The van der Waals surface area contributed by atoms with E-state index in [1.165, 1.54) is 11.1 Å². The largest absolute Gasteiger partial charge is 0.121 e. The molecule has 0 radical (unpaired) electrons. The molecule has 0 heterocycles. The number of hydrogen-bond acceptors (Lipinski definition) is 0. The lowest BCUT2D eigenvalue weighted by molar-refractivity contribution is 0.879. The van der Waals surface area contributed by atoms with Gasteiger partial charge in [0.1, 0.15) is 9.75 Å². The van der Waals surface area contributed by atoms with Gasteiger partial charge in [-0.15, -0.1) is 23.2 Å². The van der Waals surface area contributed by atoms with Crippen molar-refractivity contribution in [2.45, 2.75) is 23.6 Å². The van der Waals surface area contributed by atoms with Crippen molar-refractivity contribution in [2.75, 3.05) is 0 Å². The SMILES string of the molecule is Cc1ccc(C(Cl)(c2ccccc2)c2ccccc2)cc1.Cc1ccc(C(Cl)(c2ccccc2)c2ccccc2Cl)cc1. The van der Waals surface area contributed by atoms with Crippen LogP contribution in [0.25, 0.3) is 0 Å². The van der Waals surface area contributed by atoms with E-state index in [0.717, 1.165) is 33.4 Å². The summed E-state index contributed by atoms with van der Waals surface area (Å²) in [5, 5.41) is 0.668. The van der Waals surface area contributed by atoms with Gasteiger partial charge >= 0.3 is 0 Å².